The topological polar surface area (TPSA) is 119 Å². The number of carbonyl (C=O) groups is 1. The summed E-state index contributed by atoms with van der Waals surface area (Å²) in [4.78, 5) is 35.0. The summed E-state index contributed by atoms with van der Waals surface area (Å²) in [5.74, 6) is -1.18. The Bertz CT molecular complexity index is 1100. The molecule has 0 unspecified atom stereocenters. The molecule has 25 heavy (non-hydrogen) atoms. The van der Waals surface area contributed by atoms with E-state index in [1.54, 1.807) is 0 Å². The van der Waals surface area contributed by atoms with E-state index in [4.69, 9.17) is 0 Å². The Hall–Kier alpha value is -2.46. The van der Waals surface area contributed by atoms with Gasteiger partial charge in [-0.05, 0) is 31.0 Å². The van der Waals surface area contributed by atoms with E-state index in [0.29, 0.717) is 11.9 Å². The second-order valence-electron chi connectivity index (χ2n) is 5.99. The van der Waals surface area contributed by atoms with Crippen molar-refractivity contribution in [2.24, 2.45) is 14.1 Å². The summed E-state index contributed by atoms with van der Waals surface area (Å²) in [7, 11) is -1.21. The minimum atomic E-state index is -4.03. The summed E-state index contributed by atoms with van der Waals surface area (Å²) < 4.78 is 28.9. The lowest BCUT2D eigenvalue weighted by Gasteiger charge is -2.21. The molecule has 1 atom stereocenters. The predicted octanol–water partition coefficient (Wildman–Crippen LogP) is -0.525. The molecule has 134 valence electrons. The Balaban J connectivity index is 2.21. The molecule has 0 radical (unpaired) electrons. The zero-order valence-electron chi connectivity index (χ0n) is 13.7. The molecule has 1 aliphatic heterocycles. The van der Waals surface area contributed by atoms with Crippen LogP contribution in [-0.4, -0.2) is 45.5 Å². The van der Waals surface area contributed by atoms with Gasteiger partial charge in [-0.3, -0.25) is 14.4 Å². The average molecular weight is 367 g/mol. The second-order valence-corrected chi connectivity index (χ2v) is 7.88. The van der Waals surface area contributed by atoms with Crippen molar-refractivity contribution >= 4 is 27.0 Å². The number of hydrogen-bond acceptors (Lipinski definition) is 5. The molecule has 9 nitrogen and oxygen atoms in total. The second kappa shape index (κ2) is 5.81. The number of benzene rings is 1. The molecule has 0 amide bonds. The molecule has 0 saturated carbocycles. The highest BCUT2D eigenvalue weighted by atomic mass is 32.2. The molecule has 1 aromatic heterocycles. The van der Waals surface area contributed by atoms with Crippen molar-refractivity contribution in [3.63, 3.8) is 0 Å². The number of aromatic nitrogens is 2. The van der Waals surface area contributed by atoms with Crippen molar-refractivity contribution in [2.45, 2.75) is 23.8 Å². The number of hydrogen-bond donors (Lipinski definition) is 1. The van der Waals surface area contributed by atoms with Gasteiger partial charge in [0.2, 0.25) is 10.0 Å². The molecule has 10 heteroatoms. The van der Waals surface area contributed by atoms with Gasteiger partial charge < -0.3 is 14.2 Å². The van der Waals surface area contributed by atoms with Gasteiger partial charge in [-0.2, -0.15) is 4.31 Å². The zero-order valence-corrected chi connectivity index (χ0v) is 14.5. The van der Waals surface area contributed by atoms with Gasteiger partial charge in [0.15, 0.2) is 0 Å². The summed E-state index contributed by atoms with van der Waals surface area (Å²) in [5.41, 5.74) is -0.799. The van der Waals surface area contributed by atoms with E-state index in [-0.39, 0.29) is 23.4 Å². The fraction of sp³-hybridized carbons (Fsp3) is 0.400. The largest absolute Gasteiger partial charge is 0.480 e. The number of fused-ring (bicyclic) bond motifs is 1. The molecule has 0 spiro atoms. The predicted molar refractivity (Wildman–Crippen MR) is 89.0 cm³/mol. The first-order chi connectivity index (χ1) is 11.7. The molecular formula is C15H17N3O6S. The Morgan fingerprint density at radius 2 is 1.72 bits per heavy atom. The van der Waals surface area contributed by atoms with Gasteiger partial charge in [0.1, 0.15) is 6.04 Å². The van der Waals surface area contributed by atoms with Crippen molar-refractivity contribution in [1.82, 2.24) is 13.4 Å². The maximum atomic E-state index is 12.8. The van der Waals surface area contributed by atoms with Crippen molar-refractivity contribution in [3.05, 3.63) is 38.9 Å². The van der Waals surface area contributed by atoms with Gasteiger partial charge in [-0.25, -0.2) is 8.42 Å². The van der Waals surface area contributed by atoms with Crippen LogP contribution in [-0.2, 0) is 28.9 Å². The van der Waals surface area contributed by atoms with Crippen LogP contribution in [0.5, 0.6) is 0 Å². The zero-order chi connectivity index (χ0) is 18.5. The summed E-state index contributed by atoms with van der Waals surface area (Å²) >= 11 is 0. The Morgan fingerprint density at radius 3 is 2.32 bits per heavy atom. The van der Waals surface area contributed by atoms with E-state index in [0.717, 1.165) is 13.4 Å². The van der Waals surface area contributed by atoms with Crippen LogP contribution >= 0.6 is 0 Å². The highest BCUT2D eigenvalue weighted by Gasteiger charge is 2.39. The van der Waals surface area contributed by atoms with E-state index >= 15 is 0 Å². The third kappa shape index (κ3) is 2.57. The fourth-order valence-electron chi connectivity index (χ4n) is 3.13. The minimum Gasteiger partial charge on any atom is -0.480 e. The summed E-state index contributed by atoms with van der Waals surface area (Å²) in [5, 5.41) is 9.22. The number of aryl methyl sites for hydroxylation is 2. The van der Waals surface area contributed by atoms with Crippen LogP contribution in [0.1, 0.15) is 12.8 Å². The Morgan fingerprint density at radius 1 is 1.12 bits per heavy atom. The van der Waals surface area contributed by atoms with Crippen molar-refractivity contribution < 1.29 is 18.3 Å². The van der Waals surface area contributed by atoms with Gasteiger partial charge in [0.05, 0.1) is 15.9 Å². The molecule has 2 heterocycles. The van der Waals surface area contributed by atoms with Gasteiger partial charge >= 0.3 is 17.1 Å². The minimum absolute atomic E-state index is 0.109. The van der Waals surface area contributed by atoms with E-state index in [1.807, 2.05) is 0 Å². The average Bonchev–Trinajstić information content (AvgIpc) is 3.08. The van der Waals surface area contributed by atoms with Crippen LogP contribution in [0.2, 0.25) is 0 Å². The summed E-state index contributed by atoms with van der Waals surface area (Å²) in [6.45, 7) is 0.129. The van der Waals surface area contributed by atoms with Crippen LogP contribution in [0.4, 0.5) is 0 Å². The van der Waals surface area contributed by atoms with Gasteiger partial charge in [-0.1, -0.05) is 0 Å². The summed E-state index contributed by atoms with van der Waals surface area (Å²) in [6, 6.07) is 2.96. The molecule has 1 fully saturated rings. The van der Waals surface area contributed by atoms with Crippen LogP contribution in [0.25, 0.3) is 11.0 Å². The highest BCUT2D eigenvalue weighted by molar-refractivity contribution is 7.89. The third-order valence-corrected chi connectivity index (χ3v) is 6.46. The van der Waals surface area contributed by atoms with Crippen molar-refractivity contribution in [2.75, 3.05) is 6.54 Å². The molecule has 3 rings (SSSR count). The highest BCUT2D eigenvalue weighted by Crippen LogP contribution is 2.27. The van der Waals surface area contributed by atoms with Gasteiger partial charge in [0, 0.05) is 20.6 Å². The molecule has 0 aliphatic carbocycles. The SMILES string of the molecule is Cn1c(=O)c(=O)n(C)c2cc(S(=O)(=O)N3CCC[C@@H]3C(=O)O)ccc21. The summed E-state index contributed by atoms with van der Waals surface area (Å²) in [6.07, 6.45) is 0.728. The van der Waals surface area contributed by atoms with Crippen LogP contribution in [0.15, 0.2) is 32.7 Å². The maximum absolute atomic E-state index is 12.8. The lowest BCUT2D eigenvalue weighted by Crippen LogP contribution is -2.41. The quantitative estimate of drug-likeness (QED) is 0.729. The fourth-order valence-corrected chi connectivity index (χ4v) is 4.80. The first-order valence-corrected chi connectivity index (χ1v) is 9.04. The van der Waals surface area contributed by atoms with E-state index in [2.05, 4.69) is 0 Å². The molecule has 2 aromatic rings. The van der Waals surface area contributed by atoms with Crippen molar-refractivity contribution in [1.29, 1.82) is 0 Å². The molecule has 0 bridgehead atoms. The third-order valence-electron chi connectivity index (χ3n) is 4.56. The van der Waals surface area contributed by atoms with Crippen LogP contribution < -0.4 is 11.1 Å². The Labute approximate surface area is 142 Å². The molecule has 1 aromatic carbocycles. The van der Waals surface area contributed by atoms with Crippen LogP contribution in [0.3, 0.4) is 0 Å². The van der Waals surface area contributed by atoms with Crippen LogP contribution in [0, 0.1) is 0 Å². The smallest absolute Gasteiger partial charge is 0.322 e. The number of carboxylic acids is 1. The first-order valence-electron chi connectivity index (χ1n) is 7.60. The maximum Gasteiger partial charge on any atom is 0.322 e. The number of aliphatic carboxylic acids is 1. The van der Waals surface area contributed by atoms with E-state index in [1.165, 1.54) is 32.3 Å². The van der Waals surface area contributed by atoms with Gasteiger partial charge in [0.25, 0.3) is 0 Å². The number of sulfonamides is 1. The standard InChI is InChI=1S/C15H17N3O6S/c1-16-10-6-5-9(8-12(10)17(2)14(20)13(16)19)25(23,24)18-7-3-4-11(18)15(21)22/h5-6,8,11H,3-4,7H2,1-2H3,(H,21,22)/t11-/m1/s1. The lowest BCUT2D eigenvalue weighted by atomic mass is 10.2. The normalized spacial score (nSPS) is 18.7. The first kappa shape index (κ1) is 17.4. The monoisotopic (exact) mass is 367 g/mol. The molecule has 1 saturated heterocycles. The number of nitrogens with zero attached hydrogens (tertiary/aromatic N) is 3. The molecular weight excluding hydrogens is 350 g/mol. The molecule has 1 aliphatic rings. The number of rotatable bonds is 3. The van der Waals surface area contributed by atoms with Crippen molar-refractivity contribution in [3.8, 4) is 0 Å². The van der Waals surface area contributed by atoms with E-state index in [9.17, 15) is 27.9 Å². The molecule has 1 N–H and O–H groups in total. The van der Waals surface area contributed by atoms with E-state index < -0.39 is 33.2 Å². The number of carboxylic acid groups (broad SMARTS) is 1. The Kier molecular flexibility index (Phi) is 4.04. The lowest BCUT2D eigenvalue weighted by molar-refractivity contribution is -0.140. The van der Waals surface area contributed by atoms with Gasteiger partial charge in [-0.15, -0.1) is 0 Å².